The second-order valence-corrected chi connectivity index (χ2v) is 6.19. The lowest BCUT2D eigenvalue weighted by Gasteiger charge is -2.06. The minimum absolute atomic E-state index is 0.999. The predicted octanol–water partition coefficient (Wildman–Crippen LogP) is 5.82. The van der Waals surface area contributed by atoms with E-state index in [0.717, 1.165) is 5.69 Å². The minimum Gasteiger partial charge on any atom is -0.323 e. The summed E-state index contributed by atoms with van der Waals surface area (Å²) in [5, 5.41) is 2.51. The zero-order valence-corrected chi connectivity index (χ0v) is 13.6. The van der Waals surface area contributed by atoms with Crippen LogP contribution in [-0.2, 0) is 0 Å². The first-order valence-corrected chi connectivity index (χ1v) is 8.40. The summed E-state index contributed by atoms with van der Waals surface area (Å²) < 4.78 is 2.18. The Morgan fingerprint density at radius 3 is 2.44 bits per heavy atom. The molecular formula is C23H16N2. The summed E-state index contributed by atoms with van der Waals surface area (Å²) >= 11 is 0. The van der Waals surface area contributed by atoms with Crippen LogP contribution < -0.4 is 0 Å². The highest BCUT2D eigenvalue weighted by molar-refractivity contribution is 5.96. The molecule has 0 amide bonds. The van der Waals surface area contributed by atoms with Crippen LogP contribution in [0.5, 0.6) is 0 Å². The quantitative estimate of drug-likeness (QED) is 0.400. The fraction of sp³-hybridized carbons (Fsp3) is 0. The van der Waals surface area contributed by atoms with Crippen molar-refractivity contribution in [2.24, 2.45) is 0 Å². The van der Waals surface area contributed by atoms with Gasteiger partial charge in [-0.3, -0.25) is 4.98 Å². The standard InChI is InChI=1S/C23H16N2/c1-2-8-18-15-19(12-11-17(18)7-1)20-16-25-14-6-4-10-22(25)23(20)21-9-3-5-13-24-21/h1-16H. The van der Waals surface area contributed by atoms with Crippen LogP contribution in [0.2, 0.25) is 0 Å². The molecule has 25 heavy (non-hydrogen) atoms. The van der Waals surface area contributed by atoms with Gasteiger partial charge in [-0.15, -0.1) is 0 Å². The first-order chi connectivity index (χ1) is 12.4. The van der Waals surface area contributed by atoms with E-state index in [0.29, 0.717) is 0 Å². The average molecular weight is 320 g/mol. The Kier molecular flexibility index (Phi) is 3.14. The molecule has 0 aliphatic carbocycles. The van der Waals surface area contributed by atoms with Crippen molar-refractivity contribution in [3.63, 3.8) is 0 Å². The van der Waals surface area contributed by atoms with Gasteiger partial charge >= 0.3 is 0 Å². The maximum absolute atomic E-state index is 4.61. The SMILES string of the molecule is c1ccc(-c2c(-c3ccc4ccccc4c3)cn3ccccc23)nc1. The van der Waals surface area contributed by atoms with E-state index in [2.05, 4.69) is 88.5 Å². The molecule has 0 spiro atoms. The van der Waals surface area contributed by atoms with Gasteiger partial charge in [0, 0.05) is 29.7 Å². The van der Waals surface area contributed by atoms with Crippen molar-refractivity contribution in [3.8, 4) is 22.4 Å². The van der Waals surface area contributed by atoms with Crippen LogP contribution in [0.15, 0.2) is 97.5 Å². The Bertz CT molecular complexity index is 1190. The molecule has 0 atom stereocenters. The number of rotatable bonds is 2. The van der Waals surface area contributed by atoms with Crippen molar-refractivity contribution in [2.75, 3.05) is 0 Å². The van der Waals surface area contributed by atoms with Crippen LogP contribution in [0, 0.1) is 0 Å². The molecule has 0 aliphatic rings. The number of nitrogens with zero attached hydrogens (tertiary/aromatic N) is 2. The van der Waals surface area contributed by atoms with E-state index in [4.69, 9.17) is 0 Å². The lowest BCUT2D eigenvalue weighted by molar-refractivity contribution is 1.20. The van der Waals surface area contributed by atoms with Gasteiger partial charge in [-0.2, -0.15) is 0 Å². The van der Waals surface area contributed by atoms with E-state index < -0.39 is 0 Å². The maximum Gasteiger partial charge on any atom is 0.0729 e. The molecule has 3 aromatic heterocycles. The Morgan fingerprint density at radius 2 is 1.56 bits per heavy atom. The fourth-order valence-corrected chi connectivity index (χ4v) is 3.48. The van der Waals surface area contributed by atoms with Crippen molar-refractivity contribution >= 4 is 16.3 Å². The summed E-state index contributed by atoms with van der Waals surface area (Å²) in [6, 6.07) is 27.5. The Hall–Kier alpha value is -3.39. The molecule has 5 aromatic rings. The van der Waals surface area contributed by atoms with E-state index in [1.165, 1.54) is 33.0 Å². The third-order valence-electron chi connectivity index (χ3n) is 4.67. The highest BCUT2D eigenvalue weighted by atomic mass is 14.9. The van der Waals surface area contributed by atoms with Crippen molar-refractivity contribution in [2.45, 2.75) is 0 Å². The van der Waals surface area contributed by atoms with Gasteiger partial charge in [0.1, 0.15) is 0 Å². The maximum atomic E-state index is 4.61. The molecule has 0 saturated carbocycles. The highest BCUT2D eigenvalue weighted by Gasteiger charge is 2.15. The van der Waals surface area contributed by atoms with E-state index in [1.54, 1.807) is 0 Å². The monoisotopic (exact) mass is 320 g/mol. The summed E-state index contributed by atoms with van der Waals surface area (Å²) in [5.41, 5.74) is 5.76. The number of aromatic nitrogens is 2. The van der Waals surface area contributed by atoms with Crippen LogP contribution in [0.25, 0.3) is 38.7 Å². The van der Waals surface area contributed by atoms with Gasteiger partial charge in [0.25, 0.3) is 0 Å². The minimum atomic E-state index is 0.999. The summed E-state index contributed by atoms with van der Waals surface area (Å²) in [7, 11) is 0. The van der Waals surface area contributed by atoms with Gasteiger partial charge in [-0.05, 0) is 46.7 Å². The van der Waals surface area contributed by atoms with Gasteiger partial charge in [0.05, 0.1) is 11.2 Å². The number of pyridine rings is 2. The van der Waals surface area contributed by atoms with Crippen LogP contribution in [0.3, 0.4) is 0 Å². The normalized spacial score (nSPS) is 11.2. The van der Waals surface area contributed by atoms with Gasteiger partial charge in [-0.25, -0.2) is 0 Å². The van der Waals surface area contributed by atoms with Crippen molar-refractivity contribution in [3.05, 3.63) is 97.5 Å². The molecule has 118 valence electrons. The first-order valence-electron chi connectivity index (χ1n) is 8.40. The lowest BCUT2D eigenvalue weighted by Crippen LogP contribution is -1.85. The van der Waals surface area contributed by atoms with E-state index >= 15 is 0 Å². The third-order valence-corrected chi connectivity index (χ3v) is 4.67. The largest absolute Gasteiger partial charge is 0.323 e. The Labute approximate surface area is 146 Å². The van der Waals surface area contributed by atoms with E-state index in [9.17, 15) is 0 Å². The summed E-state index contributed by atoms with van der Waals surface area (Å²) in [5.74, 6) is 0. The van der Waals surface area contributed by atoms with Crippen molar-refractivity contribution in [1.29, 1.82) is 0 Å². The molecule has 0 saturated heterocycles. The lowest BCUT2D eigenvalue weighted by atomic mass is 9.98. The molecule has 0 fully saturated rings. The molecule has 3 heterocycles. The Morgan fingerprint density at radius 1 is 0.720 bits per heavy atom. The number of fused-ring (bicyclic) bond motifs is 2. The molecule has 0 radical (unpaired) electrons. The summed E-state index contributed by atoms with van der Waals surface area (Å²) in [4.78, 5) is 4.61. The van der Waals surface area contributed by atoms with Gasteiger partial charge in [0.15, 0.2) is 0 Å². The topological polar surface area (TPSA) is 17.3 Å². The molecule has 2 aromatic carbocycles. The van der Waals surface area contributed by atoms with Crippen LogP contribution in [0.1, 0.15) is 0 Å². The van der Waals surface area contributed by atoms with E-state index in [-0.39, 0.29) is 0 Å². The zero-order valence-electron chi connectivity index (χ0n) is 13.6. The van der Waals surface area contributed by atoms with Gasteiger partial charge < -0.3 is 4.40 Å². The van der Waals surface area contributed by atoms with Gasteiger partial charge in [-0.1, -0.05) is 48.5 Å². The molecule has 2 heteroatoms. The molecule has 0 unspecified atom stereocenters. The number of hydrogen-bond acceptors (Lipinski definition) is 1. The van der Waals surface area contributed by atoms with Crippen molar-refractivity contribution in [1.82, 2.24) is 9.38 Å². The summed E-state index contributed by atoms with van der Waals surface area (Å²) in [6.45, 7) is 0. The second kappa shape index (κ2) is 5.60. The van der Waals surface area contributed by atoms with Gasteiger partial charge in [0.2, 0.25) is 0 Å². The van der Waals surface area contributed by atoms with Crippen molar-refractivity contribution < 1.29 is 0 Å². The molecular weight excluding hydrogens is 304 g/mol. The second-order valence-electron chi connectivity index (χ2n) is 6.19. The van der Waals surface area contributed by atoms with Crippen LogP contribution in [-0.4, -0.2) is 9.38 Å². The average Bonchev–Trinajstić information content (AvgIpc) is 3.08. The Balaban J connectivity index is 1.83. The highest BCUT2D eigenvalue weighted by Crippen LogP contribution is 2.37. The fourth-order valence-electron chi connectivity index (χ4n) is 3.48. The van der Waals surface area contributed by atoms with Crippen LogP contribution in [0.4, 0.5) is 0 Å². The molecule has 0 aliphatic heterocycles. The number of benzene rings is 2. The summed E-state index contributed by atoms with van der Waals surface area (Å²) in [6.07, 6.45) is 6.14. The molecule has 5 rings (SSSR count). The smallest absolute Gasteiger partial charge is 0.0729 e. The molecule has 0 N–H and O–H groups in total. The first kappa shape index (κ1) is 14.0. The van der Waals surface area contributed by atoms with E-state index in [1.807, 2.05) is 18.3 Å². The number of hydrogen-bond donors (Lipinski definition) is 0. The molecule has 0 bridgehead atoms. The van der Waals surface area contributed by atoms with Crippen LogP contribution >= 0.6 is 0 Å². The molecule has 2 nitrogen and oxygen atoms in total. The predicted molar refractivity (Wildman–Crippen MR) is 104 cm³/mol. The third kappa shape index (κ3) is 2.31. The zero-order chi connectivity index (χ0) is 16.6.